The summed E-state index contributed by atoms with van der Waals surface area (Å²) in [5.74, 6) is 0.404. The minimum Gasteiger partial charge on any atom is -0.392 e. The van der Waals surface area contributed by atoms with E-state index in [1.807, 2.05) is 0 Å². The van der Waals surface area contributed by atoms with Crippen LogP contribution in [0.1, 0.15) is 32.6 Å². The van der Waals surface area contributed by atoms with Gasteiger partial charge in [-0.15, -0.1) is 0 Å². The van der Waals surface area contributed by atoms with E-state index >= 15 is 0 Å². The van der Waals surface area contributed by atoms with Crippen molar-refractivity contribution in [3.63, 3.8) is 0 Å². The number of epoxide rings is 1. The fourth-order valence-corrected chi connectivity index (χ4v) is 2.75. The maximum Gasteiger partial charge on any atom is 0.101 e. The van der Waals surface area contributed by atoms with Crippen molar-refractivity contribution in [3.8, 4) is 0 Å². The smallest absolute Gasteiger partial charge is 0.101 e. The Morgan fingerprint density at radius 1 is 1.62 bits per heavy atom. The van der Waals surface area contributed by atoms with Crippen LogP contribution in [0.5, 0.6) is 0 Å². The van der Waals surface area contributed by atoms with Crippen LogP contribution < -0.4 is 0 Å². The molecule has 0 radical (unpaired) electrons. The Morgan fingerprint density at radius 2 is 2.31 bits per heavy atom. The summed E-state index contributed by atoms with van der Waals surface area (Å²) in [5, 5.41) is 9.08. The van der Waals surface area contributed by atoms with E-state index in [1.165, 1.54) is 12.8 Å². The van der Waals surface area contributed by atoms with Gasteiger partial charge in [-0.3, -0.25) is 0 Å². The van der Waals surface area contributed by atoms with Crippen molar-refractivity contribution in [2.45, 2.75) is 44.3 Å². The zero-order valence-electron chi connectivity index (χ0n) is 8.25. The second-order valence-electron chi connectivity index (χ2n) is 4.33. The molecule has 3 atom stereocenters. The van der Waals surface area contributed by atoms with Gasteiger partial charge in [-0.1, -0.05) is 19.4 Å². The van der Waals surface area contributed by atoms with Gasteiger partial charge in [-0.2, -0.15) is 0 Å². The Kier molecular flexibility index (Phi) is 2.20. The van der Waals surface area contributed by atoms with Gasteiger partial charge in [0.1, 0.15) is 5.60 Å². The number of aliphatic hydroxyl groups excluding tert-OH is 1. The van der Waals surface area contributed by atoms with Crippen LogP contribution in [0.4, 0.5) is 0 Å². The van der Waals surface area contributed by atoms with Gasteiger partial charge in [-0.05, 0) is 25.3 Å². The Labute approximate surface area is 79.6 Å². The Hall–Kier alpha value is -0.340. The van der Waals surface area contributed by atoms with Crippen LogP contribution in [0.15, 0.2) is 12.2 Å². The normalized spacial score (nSPS) is 43.5. The lowest BCUT2D eigenvalue weighted by Crippen LogP contribution is -2.32. The average Bonchev–Trinajstić information content (AvgIpc) is 2.77. The summed E-state index contributed by atoms with van der Waals surface area (Å²) in [6.07, 6.45) is 5.18. The first-order valence-electron chi connectivity index (χ1n) is 5.17. The molecule has 13 heavy (non-hydrogen) atoms. The average molecular weight is 182 g/mol. The third-order valence-corrected chi connectivity index (χ3v) is 3.62. The predicted molar refractivity (Wildman–Crippen MR) is 51.5 cm³/mol. The van der Waals surface area contributed by atoms with Gasteiger partial charge < -0.3 is 9.84 Å². The fraction of sp³-hybridized carbons (Fsp3) is 0.818. The van der Waals surface area contributed by atoms with E-state index in [-0.39, 0.29) is 12.2 Å². The van der Waals surface area contributed by atoms with E-state index in [9.17, 15) is 0 Å². The summed E-state index contributed by atoms with van der Waals surface area (Å²) in [4.78, 5) is 0. The minimum atomic E-state index is 0.0675. The first kappa shape index (κ1) is 9.22. The van der Waals surface area contributed by atoms with Crippen LogP contribution in [0, 0.1) is 5.92 Å². The second-order valence-corrected chi connectivity index (χ2v) is 4.33. The Morgan fingerprint density at radius 3 is 2.85 bits per heavy atom. The largest absolute Gasteiger partial charge is 0.392 e. The highest BCUT2D eigenvalue weighted by Gasteiger charge is 2.59. The first-order valence-corrected chi connectivity index (χ1v) is 5.17. The van der Waals surface area contributed by atoms with E-state index in [4.69, 9.17) is 9.84 Å². The van der Waals surface area contributed by atoms with Crippen LogP contribution in [-0.2, 0) is 4.74 Å². The summed E-state index contributed by atoms with van der Waals surface area (Å²) in [6.45, 7) is 6.18. The maximum atomic E-state index is 9.08. The summed E-state index contributed by atoms with van der Waals surface area (Å²) >= 11 is 0. The van der Waals surface area contributed by atoms with Crippen molar-refractivity contribution < 1.29 is 9.84 Å². The van der Waals surface area contributed by atoms with Crippen molar-refractivity contribution >= 4 is 0 Å². The highest BCUT2D eigenvalue weighted by molar-refractivity contribution is 5.18. The van der Waals surface area contributed by atoms with E-state index in [0.29, 0.717) is 12.0 Å². The summed E-state index contributed by atoms with van der Waals surface area (Å²) in [7, 11) is 0. The van der Waals surface area contributed by atoms with Gasteiger partial charge in [-0.25, -0.2) is 0 Å². The molecule has 1 saturated heterocycles. The standard InChI is InChI=1S/C11H18O2/c1-8(7-12)10-5-3-4-6-11(10)9(2)13-11/h9-10,12H,1,3-7H2,2H3/t9-,10+,11+/m0/s1. The molecule has 0 aromatic heterocycles. The van der Waals surface area contributed by atoms with Crippen molar-refractivity contribution in [2.75, 3.05) is 6.61 Å². The molecule has 2 rings (SSSR count). The molecule has 0 aromatic carbocycles. The summed E-state index contributed by atoms with van der Waals surface area (Å²) in [6, 6.07) is 0. The third-order valence-electron chi connectivity index (χ3n) is 3.62. The molecule has 1 N–H and O–H groups in total. The van der Waals surface area contributed by atoms with Gasteiger partial charge in [0, 0.05) is 5.92 Å². The van der Waals surface area contributed by atoms with Crippen molar-refractivity contribution in [2.24, 2.45) is 5.92 Å². The minimum absolute atomic E-state index is 0.0675. The number of hydrogen-bond donors (Lipinski definition) is 1. The van der Waals surface area contributed by atoms with Crippen molar-refractivity contribution in [1.82, 2.24) is 0 Å². The molecule has 0 aromatic rings. The molecule has 2 aliphatic rings. The monoisotopic (exact) mass is 182 g/mol. The van der Waals surface area contributed by atoms with Gasteiger partial charge in [0.05, 0.1) is 12.7 Å². The molecular weight excluding hydrogens is 164 g/mol. The van der Waals surface area contributed by atoms with Crippen LogP contribution in [0.25, 0.3) is 0 Å². The van der Waals surface area contributed by atoms with Gasteiger partial charge in [0.15, 0.2) is 0 Å². The molecule has 2 nitrogen and oxygen atoms in total. The molecular formula is C11H18O2. The molecule has 0 amide bonds. The number of hydrogen-bond acceptors (Lipinski definition) is 2. The first-order chi connectivity index (χ1) is 6.20. The summed E-state index contributed by atoms with van der Waals surface area (Å²) < 4.78 is 5.71. The number of ether oxygens (including phenoxy) is 1. The highest BCUT2D eigenvalue weighted by atomic mass is 16.6. The zero-order chi connectivity index (χ0) is 9.47. The lowest BCUT2D eigenvalue weighted by Gasteiger charge is -2.30. The van der Waals surface area contributed by atoms with Crippen LogP contribution in [0.3, 0.4) is 0 Å². The maximum absolute atomic E-state index is 9.08. The molecule has 0 unspecified atom stereocenters. The van der Waals surface area contributed by atoms with Crippen LogP contribution in [0.2, 0.25) is 0 Å². The molecule has 74 valence electrons. The quantitative estimate of drug-likeness (QED) is 0.522. The van der Waals surface area contributed by atoms with Crippen molar-refractivity contribution in [3.05, 3.63) is 12.2 Å². The predicted octanol–water partition coefficient (Wildman–Crippen LogP) is 1.88. The van der Waals surface area contributed by atoms with E-state index in [0.717, 1.165) is 18.4 Å². The number of rotatable bonds is 2. The van der Waals surface area contributed by atoms with Gasteiger partial charge in [0.25, 0.3) is 0 Å². The lowest BCUT2D eigenvalue weighted by molar-refractivity contribution is 0.168. The molecule has 1 aliphatic heterocycles. The third kappa shape index (κ3) is 1.32. The van der Waals surface area contributed by atoms with Gasteiger partial charge >= 0.3 is 0 Å². The highest BCUT2D eigenvalue weighted by Crippen LogP contribution is 2.53. The fourth-order valence-electron chi connectivity index (χ4n) is 2.75. The molecule has 2 fully saturated rings. The van der Waals surface area contributed by atoms with Crippen molar-refractivity contribution in [1.29, 1.82) is 0 Å². The molecule has 1 aliphatic carbocycles. The molecule has 1 saturated carbocycles. The second kappa shape index (κ2) is 3.10. The zero-order valence-corrected chi connectivity index (χ0v) is 8.25. The number of aliphatic hydroxyl groups is 1. The molecule has 0 bridgehead atoms. The Bertz CT molecular complexity index is 224. The summed E-state index contributed by atoms with van der Waals surface area (Å²) in [5.41, 5.74) is 1.03. The topological polar surface area (TPSA) is 32.8 Å². The molecule has 1 spiro atoms. The van der Waals surface area contributed by atoms with Crippen LogP contribution in [-0.4, -0.2) is 23.4 Å². The van der Waals surface area contributed by atoms with E-state index < -0.39 is 0 Å². The molecule has 1 heterocycles. The SMILES string of the molecule is C=C(CO)[C@H]1CCCC[C@]12O[C@H]2C. The van der Waals surface area contributed by atoms with E-state index in [1.54, 1.807) is 0 Å². The van der Waals surface area contributed by atoms with E-state index in [2.05, 4.69) is 13.5 Å². The van der Waals surface area contributed by atoms with Gasteiger partial charge in [0.2, 0.25) is 0 Å². The lowest BCUT2D eigenvalue weighted by atomic mass is 9.74. The Balaban J connectivity index is 2.11. The van der Waals surface area contributed by atoms with Crippen LogP contribution >= 0.6 is 0 Å². The molecule has 2 heteroatoms.